The van der Waals surface area contributed by atoms with E-state index < -0.39 is 10.0 Å². The van der Waals surface area contributed by atoms with Crippen molar-refractivity contribution in [1.29, 1.82) is 0 Å². The Balaban J connectivity index is 1.75. The molecule has 2 aromatic carbocycles. The fraction of sp³-hybridized carbons (Fsp3) is 0.235. The number of nitrogens with zero attached hydrogens (tertiary/aromatic N) is 1. The molecule has 1 fully saturated rings. The number of hydrogen-bond donors (Lipinski definition) is 1. The molecule has 0 spiro atoms. The van der Waals surface area contributed by atoms with E-state index in [2.05, 4.69) is 5.32 Å². The van der Waals surface area contributed by atoms with Crippen molar-refractivity contribution in [2.24, 2.45) is 0 Å². The quantitative estimate of drug-likeness (QED) is 0.842. The van der Waals surface area contributed by atoms with Gasteiger partial charge in [0.2, 0.25) is 10.0 Å². The Bertz CT molecular complexity index is 899. The van der Waals surface area contributed by atoms with Gasteiger partial charge in [-0.2, -0.15) is 0 Å². The fourth-order valence-electron chi connectivity index (χ4n) is 2.66. The number of benzene rings is 2. The number of nitrogens with one attached hydrogen (secondary N) is 1. The summed E-state index contributed by atoms with van der Waals surface area (Å²) in [7, 11) is -3.25. The van der Waals surface area contributed by atoms with Crippen LogP contribution in [-0.4, -0.2) is 26.6 Å². The topological polar surface area (TPSA) is 66.5 Å². The normalized spacial score (nSPS) is 16.5. The van der Waals surface area contributed by atoms with Crippen LogP contribution in [0.15, 0.2) is 42.5 Å². The summed E-state index contributed by atoms with van der Waals surface area (Å²) in [5.74, 6) is -0.194. The van der Waals surface area contributed by atoms with Crippen LogP contribution in [0.4, 0.5) is 11.4 Å². The summed E-state index contributed by atoms with van der Waals surface area (Å²) >= 11 is 11.9. The molecule has 1 N–H and O–H groups in total. The summed E-state index contributed by atoms with van der Waals surface area (Å²) in [4.78, 5) is 12.3. The van der Waals surface area contributed by atoms with Gasteiger partial charge in [0.25, 0.3) is 5.91 Å². The van der Waals surface area contributed by atoms with E-state index in [4.69, 9.17) is 23.2 Å². The highest BCUT2D eigenvalue weighted by atomic mass is 35.5. The highest BCUT2D eigenvalue weighted by Gasteiger charge is 2.25. The van der Waals surface area contributed by atoms with E-state index in [1.165, 1.54) is 10.4 Å². The number of carbonyl (C=O) groups excluding carboxylic acids is 1. The standard InChI is InChI=1S/C17H16Cl2N2O3S/c18-12-3-8-15(16(19)11-12)17(22)20-13-4-6-14(7-5-13)21-9-1-2-10-25(21,23)24/h3-8,11H,1-2,9-10H2,(H,20,22). The molecule has 5 nitrogen and oxygen atoms in total. The van der Waals surface area contributed by atoms with Gasteiger partial charge in [0.05, 0.1) is 22.0 Å². The van der Waals surface area contributed by atoms with E-state index in [1.54, 1.807) is 36.4 Å². The lowest BCUT2D eigenvalue weighted by molar-refractivity contribution is 0.102. The Labute approximate surface area is 156 Å². The van der Waals surface area contributed by atoms with Crippen molar-refractivity contribution in [1.82, 2.24) is 0 Å². The highest BCUT2D eigenvalue weighted by molar-refractivity contribution is 7.92. The van der Waals surface area contributed by atoms with Gasteiger partial charge in [0, 0.05) is 17.3 Å². The van der Waals surface area contributed by atoms with Crippen LogP contribution in [0.2, 0.25) is 10.0 Å². The molecule has 132 valence electrons. The summed E-state index contributed by atoms with van der Waals surface area (Å²) in [5.41, 5.74) is 1.46. The second kappa shape index (κ2) is 7.23. The van der Waals surface area contributed by atoms with Crippen LogP contribution in [-0.2, 0) is 10.0 Å². The van der Waals surface area contributed by atoms with Gasteiger partial charge in [-0.3, -0.25) is 9.10 Å². The Kier molecular flexibility index (Phi) is 5.22. The van der Waals surface area contributed by atoms with Gasteiger partial charge in [0.15, 0.2) is 0 Å². The first-order valence-corrected chi connectivity index (χ1v) is 10.1. The first kappa shape index (κ1) is 18.0. The summed E-state index contributed by atoms with van der Waals surface area (Å²) in [6.07, 6.45) is 1.53. The zero-order chi connectivity index (χ0) is 18.0. The molecule has 2 aromatic rings. The van der Waals surface area contributed by atoms with E-state index in [0.717, 1.165) is 6.42 Å². The number of anilines is 2. The van der Waals surface area contributed by atoms with Crippen LogP contribution < -0.4 is 9.62 Å². The molecular formula is C17H16Cl2N2O3S. The molecule has 0 radical (unpaired) electrons. The predicted molar refractivity (Wildman–Crippen MR) is 101 cm³/mol. The third kappa shape index (κ3) is 4.08. The van der Waals surface area contributed by atoms with Gasteiger partial charge in [-0.15, -0.1) is 0 Å². The van der Waals surface area contributed by atoms with Crippen LogP contribution in [0.5, 0.6) is 0 Å². The maximum Gasteiger partial charge on any atom is 0.257 e. The molecule has 0 atom stereocenters. The van der Waals surface area contributed by atoms with Crippen molar-refractivity contribution in [3.8, 4) is 0 Å². The molecular weight excluding hydrogens is 383 g/mol. The molecule has 1 amide bonds. The number of carbonyl (C=O) groups is 1. The molecule has 25 heavy (non-hydrogen) atoms. The largest absolute Gasteiger partial charge is 0.322 e. The van der Waals surface area contributed by atoms with Crippen LogP contribution in [0, 0.1) is 0 Å². The van der Waals surface area contributed by atoms with Crippen molar-refractivity contribution in [3.05, 3.63) is 58.1 Å². The highest BCUT2D eigenvalue weighted by Crippen LogP contribution is 2.26. The van der Waals surface area contributed by atoms with Crippen molar-refractivity contribution >= 4 is 50.5 Å². The molecule has 1 aliphatic rings. The minimum Gasteiger partial charge on any atom is -0.322 e. The molecule has 0 aliphatic carbocycles. The third-order valence-electron chi connectivity index (χ3n) is 3.94. The van der Waals surface area contributed by atoms with Gasteiger partial charge in [-0.1, -0.05) is 23.2 Å². The van der Waals surface area contributed by atoms with E-state index in [9.17, 15) is 13.2 Å². The zero-order valence-electron chi connectivity index (χ0n) is 13.2. The molecule has 0 aromatic heterocycles. The smallest absolute Gasteiger partial charge is 0.257 e. The van der Waals surface area contributed by atoms with Crippen molar-refractivity contribution in [2.45, 2.75) is 12.8 Å². The molecule has 0 bridgehead atoms. The van der Waals surface area contributed by atoms with Crippen molar-refractivity contribution < 1.29 is 13.2 Å². The number of amides is 1. The van der Waals surface area contributed by atoms with Gasteiger partial charge in [0.1, 0.15) is 0 Å². The van der Waals surface area contributed by atoms with E-state index >= 15 is 0 Å². The van der Waals surface area contributed by atoms with Crippen molar-refractivity contribution in [2.75, 3.05) is 21.9 Å². The van der Waals surface area contributed by atoms with Crippen molar-refractivity contribution in [3.63, 3.8) is 0 Å². The number of hydrogen-bond acceptors (Lipinski definition) is 3. The average Bonchev–Trinajstić information content (AvgIpc) is 2.55. The molecule has 1 saturated heterocycles. The van der Waals surface area contributed by atoms with E-state index in [-0.39, 0.29) is 16.7 Å². The lowest BCUT2D eigenvalue weighted by Crippen LogP contribution is -2.37. The van der Waals surface area contributed by atoms with Crippen LogP contribution in [0.3, 0.4) is 0 Å². The zero-order valence-corrected chi connectivity index (χ0v) is 15.5. The summed E-state index contributed by atoms with van der Waals surface area (Å²) in [5, 5.41) is 3.45. The second-order valence-corrected chi connectivity index (χ2v) is 8.58. The lowest BCUT2D eigenvalue weighted by atomic mass is 10.2. The molecule has 0 unspecified atom stereocenters. The Morgan fingerprint density at radius 3 is 2.40 bits per heavy atom. The summed E-state index contributed by atoms with van der Waals surface area (Å²) < 4.78 is 25.7. The van der Waals surface area contributed by atoms with Gasteiger partial charge in [-0.05, 0) is 55.3 Å². The summed E-state index contributed by atoms with van der Waals surface area (Å²) in [6, 6.07) is 11.3. The number of sulfonamides is 1. The summed E-state index contributed by atoms with van der Waals surface area (Å²) in [6.45, 7) is 0.481. The average molecular weight is 399 g/mol. The van der Waals surface area contributed by atoms with Gasteiger partial charge < -0.3 is 5.32 Å². The SMILES string of the molecule is O=C(Nc1ccc(N2CCCCS2(=O)=O)cc1)c1ccc(Cl)cc1Cl. The van der Waals surface area contributed by atoms with Gasteiger partial charge >= 0.3 is 0 Å². The lowest BCUT2D eigenvalue weighted by Gasteiger charge is -2.28. The maximum atomic E-state index is 12.3. The molecule has 0 saturated carbocycles. The molecule has 8 heteroatoms. The molecule has 1 heterocycles. The maximum absolute atomic E-state index is 12.3. The molecule has 3 rings (SSSR count). The van der Waals surface area contributed by atoms with E-state index in [1.807, 2.05) is 0 Å². The Morgan fingerprint density at radius 1 is 1.04 bits per heavy atom. The Hall–Kier alpha value is -1.76. The van der Waals surface area contributed by atoms with Gasteiger partial charge in [-0.25, -0.2) is 8.42 Å². The van der Waals surface area contributed by atoms with E-state index in [0.29, 0.717) is 34.9 Å². The third-order valence-corrected chi connectivity index (χ3v) is 6.36. The number of halogens is 2. The fourth-order valence-corrected chi connectivity index (χ4v) is 4.80. The first-order valence-electron chi connectivity index (χ1n) is 7.74. The van der Waals surface area contributed by atoms with Crippen LogP contribution in [0.25, 0.3) is 0 Å². The van der Waals surface area contributed by atoms with Crippen LogP contribution in [0.1, 0.15) is 23.2 Å². The van der Waals surface area contributed by atoms with Crippen LogP contribution >= 0.6 is 23.2 Å². The number of rotatable bonds is 3. The molecule has 1 aliphatic heterocycles. The first-order chi connectivity index (χ1) is 11.9. The Morgan fingerprint density at radius 2 is 1.76 bits per heavy atom. The second-order valence-electron chi connectivity index (χ2n) is 5.72. The monoisotopic (exact) mass is 398 g/mol. The predicted octanol–water partition coefficient (Wildman–Crippen LogP) is 4.18. The minimum atomic E-state index is -3.25. The minimum absolute atomic E-state index is 0.167.